The predicted octanol–water partition coefficient (Wildman–Crippen LogP) is 13.5. The first kappa shape index (κ1) is 52.3. The Morgan fingerprint density at radius 3 is 1.46 bits per heavy atom. The lowest BCUT2D eigenvalue weighted by Crippen LogP contribution is -2.27. The topological polar surface area (TPSA) is 117 Å². The molecule has 0 saturated carbocycles. The van der Waals surface area contributed by atoms with Gasteiger partial charge in [-0.25, -0.2) is 4.57 Å². The van der Waals surface area contributed by atoms with Crippen LogP contribution in [0.1, 0.15) is 200 Å². The number of carbonyl (C=O) groups is 1. The predicted molar refractivity (Wildman–Crippen MR) is 228 cm³/mol. The first-order chi connectivity index (χ1) is 26.4. The molecule has 2 atom stereocenters. The SMILES string of the molecule is CCCCCCCCCCCCC/C=C\C/C=C/OCC(COP(=O)(O)OCCN)OC(=O)CC/C=C\C/C=C\CCCCCCCCCCCCCC. The normalized spacial score (nSPS) is 13.9. The van der Waals surface area contributed by atoms with Crippen LogP contribution < -0.4 is 5.73 Å². The van der Waals surface area contributed by atoms with Crippen LogP contribution in [0.5, 0.6) is 0 Å². The molecule has 0 spiro atoms. The lowest BCUT2D eigenvalue weighted by Gasteiger charge is -2.19. The number of hydrogen-bond donors (Lipinski definition) is 2. The molecule has 2 unspecified atom stereocenters. The van der Waals surface area contributed by atoms with Crippen molar-refractivity contribution in [3.05, 3.63) is 48.8 Å². The van der Waals surface area contributed by atoms with E-state index in [0.717, 1.165) is 25.7 Å². The first-order valence-corrected chi connectivity index (χ1v) is 23.7. The van der Waals surface area contributed by atoms with E-state index in [1.165, 1.54) is 148 Å². The Kier molecular flexibility index (Phi) is 41.1. The molecule has 8 nitrogen and oxygen atoms in total. The average molecular weight is 782 g/mol. The zero-order valence-electron chi connectivity index (χ0n) is 35.0. The number of ether oxygens (including phenoxy) is 2. The molecule has 316 valence electrons. The summed E-state index contributed by atoms with van der Waals surface area (Å²) in [4.78, 5) is 22.4. The van der Waals surface area contributed by atoms with Gasteiger partial charge in [-0.3, -0.25) is 13.8 Å². The van der Waals surface area contributed by atoms with Gasteiger partial charge in [-0.1, -0.05) is 185 Å². The number of rotatable bonds is 42. The molecule has 0 bridgehead atoms. The van der Waals surface area contributed by atoms with E-state index in [1.54, 1.807) is 6.26 Å². The van der Waals surface area contributed by atoms with Gasteiger partial charge in [0.1, 0.15) is 6.61 Å². The van der Waals surface area contributed by atoms with Gasteiger partial charge in [0.05, 0.1) is 19.5 Å². The Labute approximate surface area is 332 Å². The molecule has 0 fully saturated rings. The molecule has 0 aliphatic carbocycles. The summed E-state index contributed by atoms with van der Waals surface area (Å²) in [6.07, 6.45) is 51.1. The van der Waals surface area contributed by atoms with E-state index in [4.69, 9.17) is 24.3 Å². The second-order valence-electron chi connectivity index (χ2n) is 14.6. The molecule has 9 heteroatoms. The van der Waals surface area contributed by atoms with Crippen molar-refractivity contribution in [3.8, 4) is 0 Å². The van der Waals surface area contributed by atoms with Gasteiger partial charge in [0, 0.05) is 13.0 Å². The number of carbonyl (C=O) groups excluding carboxylic acids is 1. The van der Waals surface area contributed by atoms with Crippen molar-refractivity contribution in [2.45, 2.75) is 206 Å². The highest BCUT2D eigenvalue weighted by Gasteiger charge is 2.25. The molecule has 0 aromatic rings. The fraction of sp³-hybridized carbons (Fsp3) is 0.800. The summed E-state index contributed by atoms with van der Waals surface area (Å²) in [6, 6.07) is 0. The Hall–Kier alpha value is -1.70. The first-order valence-electron chi connectivity index (χ1n) is 22.2. The highest BCUT2D eigenvalue weighted by Crippen LogP contribution is 2.43. The van der Waals surface area contributed by atoms with Crippen molar-refractivity contribution in [3.63, 3.8) is 0 Å². The summed E-state index contributed by atoms with van der Waals surface area (Å²) < 4.78 is 33.0. The lowest BCUT2D eigenvalue weighted by atomic mass is 10.0. The lowest BCUT2D eigenvalue weighted by molar-refractivity contribution is -0.153. The van der Waals surface area contributed by atoms with Crippen molar-refractivity contribution < 1.29 is 32.8 Å². The van der Waals surface area contributed by atoms with Gasteiger partial charge in [0.15, 0.2) is 6.10 Å². The minimum atomic E-state index is -4.31. The summed E-state index contributed by atoms with van der Waals surface area (Å²) in [5.41, 5.74) is 5.36. The zero-order chi connectivity index (χ0) is 39.5. The smallest absolute Gasteiger partial charge is 0.472 e. The van der Waals surface area contributed by atoms with Crippen molar-refractivity contribution in [1.82, 2.24) is 0 Å². The van der Waals surface area contributed by atoms with Gasteiger partial charge in [0.2, 0.25) is 0 Å². The maximum atomic E-state index is 12.5. The highest BCUT2D eigenvalue weighted by atomic mass is 31.2. The Bertz CT molecular complexity index is 968. The van der Waals surface area contributed by atoms with Crippen molar-refractivity contribution in [2.24, 2.45) is 5.73 Å². The number of esters is 1. The minimum absolute atomic E-state index is 0.0125. The zero-order valence-corrected chi connectivity index (χ0v) is 35.8. The van der Waals surface area contributed by atoms with Gasteiger partial charge in [-0.2, -0.15) is 0 Å². The molecule has 0 radical (unpaired) electrons. The van der Waals surface area contributed by atoms with Gasteiger partial charge in [-0.05, 0) is 51.0 Å². The molecule has 3 N–H and O–H groups in total. The van der Waals surface area contributed by atoms with Gasteiger partial charge in [-0.15, -0.1) is 0 Å². The molecule has 0 aliphatic heterocycles. The molecule has 0 rings (SSSR count). The minimum Gasteiger partial charge on any atom is -0.498 e. The third-order valence-corrected chi connectivity index (χ3v) is 10.3. The fourth-order valence-electron chi connectivity index (χ4n) is 6.06. The number of phosphoric acid groups is 1. The maximum Gasteiger partial charge on any atom is 0.472 e. The Morgan fingerprint density at radius 1 is 0.574 bits per heavy atom. The van der Waals surface area contributed by atoms with Gasteiger partial charge < -0.3 is 20.1 Å². The molecule has 0 saturated heterocycles. The number of allylic oxidation sites excluding steroid dienone is 7. The van der Waals surface area contributed by atoms with Crippen LogP contribution in [0.2, 0.25) is 0 Å². The van der Waals surface area contributed by atoms with E-state index in [0.29, 0.717) is 6.42 Å². The van der Waals surface area contributed by atoms with Crippen LogP contribution in [0.15, 0.2) is 48.8 Å². The van der Waals surface area contributed by atoms with Crippen molar-refractivity contribution in [2.75, 3.05) is 26.4 Å². The van der Waals surface area contributed by atoms with E-state index in [2.05, 4.69) is 44.2 Å². The maximum absolute atomic E-state index is 12.5. The summed E-state index contributed by atoms with van der Waals surface area (Å²) in [5, 5.41) is 0. The Morgan fingerprint density at radius 2 is 1.00 bits per heavy atom. The second kappa shape index (κ2) is 42.4. The van der Waals surface area contributed by atoms with E-state index in [1.807, 2.05) is 12.2 Å². The second-order valence-corrected chi connectivity index (χ2v) is 16.1. The standard InChI is InChI=1S/C45H84NO7P/c1-3-5-7-9-11-13-15-17-19-21-22-23-24-26-28-30-32-34-36-38-45(47)53-44(43-52-54(48,49)51-41-39-46)42-50-40-37-35-33-31-29-27-25-20-18-16-14-12-10-8-6-4-2/h26,28,31-34,37,40,44H,3-25,27,29-30,35-36,38-39,41-43,46H2,1-2H3,(H,48,49)/b28-26-,33-31-,34-32-,40-37+. The third-order valence-electron chi connectivity index (χ3n) is 9.33. The molecule has 0 aromatic carbocycles. The largest absolute Gasteiger partial charge is 0.498 e. The number of phosphoric ester groups is 1. The molecule has 0 aromatic heterocycles. The number of hydrogen-bond acceptors (Lipinski definition) is 7. The number of nitrogens with two attached hydrogens (primary N) is 1. The molecular formula is C45H84NO7P. The van der Waals surface area contributed by atoms with Crippen LogP contribution in [0.4, 0.5) is 0 Å². The van der Waals surface area contributed by atoms with E-state index >= 15 is 0 Å². The van der Waals surface area contributed by atoms with E-state index < -0.39 is 19.9 Å². The van der Waals surface area contributed by atoms with Crippen LogP contribution in [0.3, 0.4) is 0 Å². The summed E-state index contributed by atoms with van der Waals surface area (Å²) in [6.45, 7) is 4.15. The van der Waals surface area contributed by atoms with Gasteiger partial charge in [0.25, 0.3) is 0 Å². The fourth-order valence-corrected chi connectivity index (χ4v) is 6.83. The van der Waals surface area contributed by atoms with Crippen molar-refractivity contribution >= 4 is 13.8 Å². The van der Waals surface area contributed by atoms with Gasteiger partial charge >= 0.3 is 13.8 Å². The van der Waals surface area contributed by atoms with E-state index in [9.17, 15) is 14.3 Å². The summed E-state index contributed by atoms with van der Waals surface area (Å²) >= 11 is 0. The van der Waals surface area contributed by atoms with Crippen LogP contribution >= 0.6 is 7.82 Å². The van der Waals surface area contributed by atoms with E-state index in [-0.39, 0.29) is 32.8 Å². The Balaban J connectivity index is 4.18. The molecular weight excluding hydrogens is 697 g/mol. The van der Waals surface area contributed by atoms with Crippen LogP contribution in [-0.2, 0) is 27.9 Å². The monoisotopic (exact) mass is 782 g/mol. The summed E-state index contributed by atoms with van der Waals surface area (Å²) in [7, 11) is -4.31. The van der Waals surface area contributed by atoms with Crippen molar-refractivity contribution in [1.29, 1.82) is 0 Å². The number of unbranched alkanes of at least 4 members (excludes halogenated alkanes) is 23. The highest BCUT2D eigenvalue weighted by molar-refractivity contribution is 7.47. The van der Waals surface area contributed by atoms with Crippen LogP contribution in [0.25, 0.3) is 0 Å². The molecule has 0 heterocycles. The molecule has 0 aliphatic rings. The average Bonchev–Trinajstić information content (AvgIpc) is 3.16. The third kappa shape index (κ3) is 41.5. The van der Waals surface area contributed by atoms with Crippen LogP contribution in [0, 0.1) is 0 Å². The quantitative estimate of drug-likeness (QED) is 0.0207. The molecule has 0 amide bonds. The summed E-state index contributed by atoms with van der Waals surface area (Å²) in [5.74, 6) is -0.427. The molecule has 54 heavy (non-hydrogen) atoms. The van der Waals surface area contributed by atoms with Crippen LogP contribution in [-0.4, -0.2) is 43.3 Å².